The van der Waals surface area contributed by atoms with Crippen LogP contribution in [0.1, 0.15) is 31.0 Å². The van der Waals surface area contributed by atoms with Crippen molar-refractivity contribution < 1.29 is 12.8 Å². The van der Waals surface area contributed by atoms with Gasteiger partial charge in [0.25, 0.3) is 0 Å². The lowest BCUT2D eigenvalue weighted by atomic mass is 10.1. The third kappa shape index (κ3) is 7.59. The molecule has 0 aliphatic carbocycles. The van der Waals surface area contributed by atoms with Gasteiger partial charge in [0.05, 0.1) is 17.5 Å². The van der Waals surface area contributed by atoms with Crippen LogP contribution in [-0.2, 0) is 17.1 Å². The fourth-order valence-electron chi connectivity index (χ4n) is 2.55. The molecule has 0 amide bonds. The zero-order valence-corrected chi connectivity index (χ0v) is 20.2. The minimum Gasteiger partial charge on any atom is -0.357 e. The van der Waals surface area contributed by atoms with Crippen LogP contribution >= 0.6 is 24.0 Å². The van der Waals surface area contributed by atoms with E-state index in [0.29, 0.717) is 18.1 Å². The first kappa shape index (κ1) is 25.4. The van der Waals surface area contributed by atoms with Gasteiger partial charge >= 0.3 is 0 Å². The maximum atomic E-state index is 13.8. The molecule has 1 heterocycles. The summed E-state index contributed by atoms with van der Waals surface area (Å²) >= 11 is 0. The summed E-state index contributed by atoms with van der Waals surface area (Å²) in [5, 5.41) is 6.31. The summed E-state index contributed by atoms with van der Waals surface area (Å²) in [5.74, 6) is 0.290. The third-order valence-corrected chi connectivity index (χ3v) is 5.63. The molecule has 0 aliphatic rings. The van der Waals surface area contributed by atoms with Crippen molar-refractivity contribution in [1.82, 2.24) is 19.9 Å². The van der Waals surface area contributed by atoms with E-state index in [1.54, 1.807) is 43.1 Å². The molecule has 0 fully saturated rings. The molecule has 0 saturated carbocycles. The van der Waals surface area contributed by atoms with Crippen molar-refractivity contribution in [3.63, 3.8) is 0 Å². The topological polar surface area (TPSA) is 87.5 Å². The number of benzene rings is 1. The molecule has 29 heavy (non-hydrogen) atoms. The number of aromatic nitrogens is 1. The summed E-state index contributed by atoms with van der Waals surface area (Å²) < 4.78 is 42.4. The van der Waals surface area contributed by atoms with Crippen LogP contribution in [0.5, 0.6) is 0 Å². The van der Waals surface area contributed by atoms with Crippen molar-refractivity contribution in [2.45, 2.75) is 31.7 Å². The summed E-state index contributed by atoms with van der Waals surface area (Å²) in [5.41, 5.74) is 1.40. The first-order valence-electron chi connectivity index (χ1n) is 9.15. The average Bonchev–Trinajstić information content (AvgIpc) is 3.08. The molecule has 1 aromatic carbocycles. The minimum atomic E-state index is -3.55. The largest absolute Gasteiger partial charge is 0.357 e. The fourth-order valence-corrected chi connectivity index (χ4v) is 3.63. The zero-order valence-electron chi connectivity index (χ0n) is 17.1. The number of rotatable bonds is 8. The molecule has 10 heteroatoms. The SMILES string of the molecule is CCNC(=NCCNS(=O)(=O)c1ccn(C)c1)NC(C)c1ccc(C)c(F)c1.I. The van der Waals surface area contributed by atoms with Gasteiger partial charge in [-0.05, 0) is 44.0 Å². The van der Waals surface area contributed by atoms with Gasteiger partial charge in [-0.25, -0.2) is 17.5 Å². The van der Waals surface area contributed by atoms with Crippen molar-refractivity contribution >= 4 is 40.0 Å². The van der Waals surface area contributed by atoms with Crippen LogP contribution in [0.3, 0.4) is 0 Å². The van der Waals surface area contributed by atoms with Crippen molar-refractivity contribution in [2.24, 2.45) is 12.0 Å². The van der Waals surface area contributed by atoms with Gasteiger partial charge in [0, 0.05) is 32.5 Å². The summed E-state index contributed by atoms with van der Waals surface area (Å²) in [6.07, 6.45) is 3.22. The summed E-state index contributed by atoms with van der Waals surface area (Å²) in [7, 11) is -1.78. The number of nitrogens with zero attached hydrogens (tertiary/aromatic N) is 2. The lowest BCUT2D eigenvalue weighted by Gasteiger charge is -2.18. The van der Waals surface area contributed by atoms with E-state index in [9.17, 15) is 12.8 Å². The highest BCUT2D eigenvalue weighted by Crippen LogP contribution is 2.16. The molecule has 2 aromatic rings. The van der Waals surface area contributed by atoms with E-state index < -0.39 is 10.0 Å². The smallest absolute Gasteiger partial charge is 0.242 e. The standard InChI is InChI=1S/C19H28FN5O2S.HI/c1-5-21-19(24-15(3)16-7-6-14(2)18(20)12-16)22-9-10-23-28(26,27)17-8-11-25(4)13-17;/h6-8,11-13,15,23H,5,9-10H2,1-4H3,(H2,21,22,24);1H. The molecule has 0 saturated heterocycles. The summed E-state index contributed by atoms with van der Waals surface area (Å²) in [6, 6.07) is 6.50. The predicted octanol–water partition coefficient (Wildman–Crippen LogP) is 2.69. The van der Waals surface area contributed by atoms with Gasteiger partial charge in [-0.15, -0.1) is 24.0 Å². The number of guanidine groups is 1. The van der Waals surface area contributed by atoms with Crippen LogP contribution in [0.15, 0.2) is 46.5 Å². The van der Waals surface area contributed by atoms with Crippen LogP contribution in [0.25, 0.3) is 0 Å². The van der Waals surface area contributed by atoms with Gasteiger partial charge in [0.2, 0.25) is 10.0 Å². The Morgan fingerprint density at radius 1 is 1.31 bits per heavy atom. The van der Waals surface area contributed by atoms with Crippen molar-refractivity contribution in [2.75, 3.05) is 19.6 Å². The van der Waals surface area contributed by atoms with Crippen LogP contribution in [0.2, 0.25) is 0 Å². The highest BCUT2D eigenvalue weighted by atomic mass is 127. The molecule has 3 N–H and O–H groups in total. The first-order chi connectivity index (χ1) is 13.2. The summed E-state index contributed by atoms with van der Waals surface area (Å²) in [4.78, 5) is 4.61. The van der Waals surface area contributed by atoms with Crippen molar-refractivity contribution in [3.8, 4) is 0 Å². The second-order valence-electron chi connectivity index (χ2n) is 6.55. The Bertz CT molecular complexity index is 930. The van der Waals surface area contributed by atoms with E-state index >= 15 is 0 Å². The number of sulfonamides is 1. The number of hydrogen-bond donors (Lipinski definition) is 3. The fraction of sp³-hybridized carbons (Fsp3) is 0.421. The van der Waals surface area contributed by atoms with Crippen LogP contribution < -0.4 is 15.4 Å². The Hall–Kier alpha value is -1.66. The van der Waals surface area contributed by atoms with Gasteiger partial charge in [0.1, 0.15) is 5.82 Å². The predicted molar refractivity (Wildman–Crippen MR) is 125 cm³/mol. The van der Waals surface area contributed by atoms with E-state index in [1.165, 1.54) is 6.07 Å². The highest BCUT2D eigenvalue weighted by Gasteiger charge is 2.14. The highest BCUT2D eigenvalue weighted by molar-refractivity contribution is 14.0. The molecular formula is C19H29FIN5O2S. The zero-order chi connectivity index (χ0) is 20.7. The Labute approximate surface area is 189 Å². The molecule has 1 unspecified atom stereocenters. The number of hydrogen-bond acceptors (Lipinski definition) is 3. The number of nitrogens with one attached hydrogen (secondary N) is 3. The Kier molecular flexibility index (Phi) is 10.1. The molecule has 1 aromatic heterocycles. The first-order valence-corrected chi connectivity index (χ1v) is 10.6. The second-order valence-corrected chi connectivity index (χ2v) is 8.31. The maximum Gasteiger partial charge on any atom is 0.242 e. The van der Waals surface area contributed by atoms with E-state index in [1.807, 2.05) is 19.9 Å². The quantitative estimate of drug-likeness (QED) is 0.209. The number of aliphatic imine (C=N–C) groups is 1. The van der Waals surface area contributed by atoms with Crippen molar-refractivity contribution in [3.05, 3.63) is 53.6 Å². The second kappa shape index (κ2) is 11.5. The Balaban J connectivity index is 0.00000420. The summed E-state index contributed by atoms with van der Waals surface area (Å²) in [6.45, 7) is 6.65. The Morgan fingerprint density at radius 3 is 2.62 bits per heavy atom. The van der Waals surface area contributed by atoms with Crippen LogP contribution in [-0.4, -0.2) is 38.6 Å². The molecule has 0 radical (unpaired) electrons. The molecule has 1 atom stereocenters. The van der Waals surface area contributed by atoms with E-state index in [4.69, 9.17) is 0 Å². The monoisotopic (exact) mass is 537 g/mol. The molecular weight excluding hydrogens is 508 g/mol. The minimum absolute atomic E-state index is 0. The lowest BCUT2D eigenvalue weighted by molar-refractivity contribution is 0.581. The molecule has 0 aliphatic heterocycles. The van der Waals surface area contributed by atoms with Gasteiger partial charge in [-0.3, -0.25) is 4.99 Å². The average molecular weight is 537 g/mol. The van der Waals surface area contributed by atoms with Gasteiger partial charge in [-0.2, -0.15) is 0 Å². The van der Waals surface area contributed by atoms with E-state index in [0.717, 1.165) is 5.56 Å². The van der Waals surface area contributed by atoms with Crippen LogP contribution in [0.4, 0.5) is 4.39 Å². The third-order valence-electron chi connectivity index (χ3n) is 4.18. The van der Waals surface area contributed by atoms with Gasteiger partial charge < -0.3 is 15.2 Å². The van der Waals surface area contributed by atoms with E-state index in [2.05, 4.69) is 20.3 Å². The molecule has 0 bridgehead atoms. The van der Waals surface area contributed by atoms with Crippen LogP contribution in [0, 0.1) is 12.7 Å². The van der Waals surface area contributed by atoms with Crippen molar-refractivity contribution in [1.29, 1.82) is 0 Å². The molecule has 2 rings (SSSR count). The molecule has 7 nitrogen and oxygen atoms in total. The normalized spacial score (nSPS) is 12.9. The number of aryl methyl sites for hydroxylation is 2. The number of halogens is 2. The van der Waals surface area contributed by atoms with Gasteiger partial charge in [0.15, 0.2) is 5.96 Å². The maximum absolute atomic E-state index is 13.8. The Morgan fingerprint density at radius 2 is 2.03 bits per heavy atom. The molecule has 162 valence electrons. The molecule has 0 spiro atoms. The van der Waals surface area contributed by atoms with Gasteiger partial charge in [-0.1, -0.05) is 12.1 Å². The lowest BCUT2D eigenvalue weighted by Crippen LogP contribution is -2.39. The van der Waals surface area contributed by atoms with E-state index in [-0.39, 0.29) is 53.8 Å².